The summed E-state index contributed by atoms with van der Waals surface area (Å²) in [5.41, 5.74) is 4.89. The number of nitrogens with zero attached hydrogens (tertiary/aromatic N) is 4. The summed E-state index contributed by atoms with van der Waals surface area (Å²) in [6.45, 7) is 7.90. The summed E-state index contributed by atoms with van der Waals surface area (Å²) in [6.07, 6.45) is 0. The second kappa shape index (κ2) is 6.29. The van der Waals surface area contributed by atoms with Crippen molar-refractivity contribution >= 4 is 11.8 Å². The van der Waals surface area contributed by atoms with Crippen LogP contribution in [0.2, 0.25) is 0 Å². The summed E-state index contributed by atoms with van der Waals surface area (Å²) in [6, 6.07) is 10.1. The van der Waals surface area contributed by atoms with Crippen molar-refractivity contribution in [1.29, 1.82) is 0 Å². The minimum atomic E-state index is 0.556. The highest BCUT2D eigenvalue weighted by Gasteiger charge is 2.15. The molecule has 2 heterocycles. The molecule has 0 unspecified atom stereocenters. The molecule has 3 N–H and O–H groups in total. The number of thioether (sulfide) groups is 1. The summed E-state index contributed by atoms with van der Waals surface area (Å²) in [5, 5.41) is 16.2. The highest BCUT2D eigenvalue weighted by Crippen LogP contribution is 2.25. The molecule has 3 aromatic rings. The molecule has 0 saturated carbocycles. The third-order valence-corrected chi connectivity index (χ3v) is 4.45. The molecule has 0 amide bonds. The van der Waals surface area contributed by atoms with E-state index in [9.17, 15) is 0 Å². The zero-order valence-electron chi connectivity index (χ0n) is 13.1. The Kier molecular flexibility index (Phi) is 4.20. The van der Waals surface area contributed by atoms with Gasteiger partial charge in [0.15, 0.2) is 0 Å². The number of nitrogens with one attached hydrogen (secondary N) is 1. The fourth-order valence-electron chi connectivity index (χ4n) is 2.06. The summed E-state index contributed by atoms with van der Waals surface area (Å²) in [5.74, 6) is 7.40. The van der Waals surface area contributed by atoms with Crippen molar-refractivity contribution < 1.29 is 0 Å². The van der Waals surface area contributed by atoms with Crippen LogP contribution in [0.15, 0.2) is 47.6 Å². The molecular weight excluding hydrogens is 308 g/mol. The van der Waals surface area contributed by atoms with Crippen LogP contribution in [-0.2, 0) is 0 Å². The number of rotatable bonds is 5. The monoisotopic (exact) mass is 326 g/mol. The van der Waals surface area contributed by atoms with Gasteiger partial charge in [-0.25, -0.2) is 4.68 Å². The van der Waals surface area contributed by atoms with Crippen molar-refractivity contribution in [2.24, 2.45) is 0 Å². The Balaban J connectivity index is 1.86. The molecule has 7 heteroatoms. The van der Waals surface area contributed by atoms with E-state index >= 15 is 0 Å². The summed E-state index contributed by atoms with van der Waals surface area (Å²) in [4.78, 5) is 0. The zero-order valence-corrected chi connectivity index (χ0v) is 13.9. The lowest BCUT2D eigenvalue weighted by Crippen LogP contribution is -2.11. The molecule has 0 bridgehead atoms. The maximum absolute atomic E-state index is 6.08. The van der Waals surface area contributed by atoms with E-state index in [2.05, 4.69) is 46.0 Å². The smallest absolute Gasteiger partial charge is 0.210 e. The number of benzene rings is 1. The van der Waals surface area contributed by atoms with E-state index in [0.29, 0.717) is 11.0 Å². The normalized spacial score (nSPS) is 10.9. The van der Waals surface area contributed by atoms with E-state index in [1.807, 2.05) is 25.1 Å². The standard InChI is InChI=1S/C16H18N6S/c1-10(2)9-23-16-21-20-15(22(16)17)14-8-13(18-19-14)12-6-4-11(3)5-7-12/h4-8H,1,9,17H2,2-3H3,(H,18,19). The summed E-state index contributed by atoms with van der Waals surface area (Å²) < 4.78 is 1.47. The maximum Gasteiger partial charge on any atom is 0.210 e. The Morgan fingerprint density at radius 3 is 2.74 bits per heavy atom. The van der Waals surface area contributed by atoms with Crippen molar-refractivity contribution in [2.75, 3.05) is 11.6 Å². The fourth-order valence-corrected chi connectivity index (χ4v) is 2.75. The van der Waals surface area contributed by atoms with Crippen LogP contribution in [0.3, 0.4) is 0 Å². The van der Waals surface area contributed by atoms with Gasteiger partial charge in [0.05, 0.1) is 5.69 Å². The molecule has 0 atom stereocenters. The molecule has 0 aliphatic heterocycles. The number of nitrogens with two attached hydrogens (primary N) is 1. The summed E-state index contributed by atoms with van der Waals surface area (Å²) >= 11 is 1.51. The first kappa shape index (κ1) is 15.4. The van der Waals surface area contributed by atoms with Gasteiger partial charge in [0.25, 0.3) is 0 Å². The molecule has 23 heavy (non-hydrogen) atoms. The molecule has 1 aromatic carbocycles. The number of H-pyrrole nitrogens is 1. The van der Waals surface area contributed by atoms with Crippen LogP contribution in [0.4, 0.5) is 0 Å². The fraction of sp³-hybridized carbons (Fsp3) is 0.188. The third kappa shape index (κ3) is 3.29. The summed E-state index contributed by atoms with van der Waals surface area (Å²) in [7, 11) is 0. The first-order chi connectivity index (χ1) is 11.0. The number of aromatic amines is 1. The van der Waals surface area contributed by atoms with Gasteiger partial charge in [-0.3, -0.25) is 5.10 Å². The van der Waals surface area contributed by atoms with Gasteiger partial charge in [-0.2, -0.15) is 5.10 Å². The number of hydrogen-bond donors (Lipinski definition) is 2. The molecule has 2 aromatic heterocycles. The van der Waals surface area contributed by atoms with Crippen molar-refractivity contribution in [2.45, 2.75) is 19.0 Å². The van der Waals surface area contributed by atoms with Crippen molar-refractivity contribution in [1.82, 2.24) is 25.1 Å². The topological polar surface area (TPSA) is 85.4 Å². The van der Waals surface area contributed by atoms with Gasteiger partial charge in [-0.1, -0.05) is 53.7 Å². The average molecular weight is 326 g/mol. The number of nitrogen functional groups attached to an aromatic ring is 1. The predicted octanol–water partition coefficient (Wildman–Crippen LogP) is 3.03. The third-order valence-electron chi connectivity index (χ3n) is 3.28. The van der Waals surface area contributed by atoms with Crippen LogP contribution >= 0.6 is 11.8 Å². The first-order valence-corrected chi connectivity index (χ1v) is 8.13. The number of aryl methyl sites for hydroxylation is 1. The lowest BCUT2D eigenvalue weighted by atomic mass is 10.1. The van der Waals surface area contributed by atoms with Crippen LogP contribution in [-0.4, -0.2) is 30.8 Å². The highest BCUT2D eigenvalue weighted by molar-refractivity contribution is 7.99. The molecule has 0 spiro atoms. The van der Waals surface area contributed by atoms with Gasteiger partial charge >= 0.3 is 0 Å². The van der Waals surface area contributed by atoms with Crippen molar-refractivity contribution in [3.8, 4) is 22.8 Å². The SMILES string of the molecule is C=C(C)CSc1nnc(-c2cc(-c3ccc(C)cc3)n[nH]2)n1N. The van der Waals surface area contributed by atoms with Crippen LogP contribution < -0.4 is 5.84 Å². The largest absolute Gasteiger partial charge is 0.335 e. The lowest BCUT2D eigenvalue weighted by molar-refractivity contribution is 0.848. The van der Waals surface area contributed by atoms with Crippen molar-refractivity contribution in [3.63, 3.8) is 0 Å². The molecule has 6 nitrogen and oxygen atoms in total. The number of aromatic nitrogens is 5. The van der Waals surface area contributed by atoms with E-state index in [1.165, 1.54) is 22.0 Å². The van der Waals surface area contributed by atoms with E-state index in [1.54, 1.807) is 0 Å². The number of hydrogen-bond acceptors (Lipinski definition) is 5. The quantitative estimate of drug-likeness (QED) is 0.428. The molecular formula is C16H18N6S. The molecule has 0 aliphatic carbocycles. The van der Waals surface area contributed by atoms with Crippen LogP contribution in [0, 0.1) is 6.92 Å². The molecule has 0 fully saturated rings. The minimum Gasteiger partial charge on any atom is -0.335 e. The van der Waals surface area contributed by atoms with E-state index < -0.39 is 0 Å². The Morgan fingerprint density at radius 1 is 1.30 bits per heavy atom. The molecule has 3 rings (SSSR count). The minimum absolute atomic E-state index is 0.556. The Hall–Kier alpha value is -2.54. The van der Waals surface area contributed by atoms with Gasteiger partial charge < -0.3 is 5.84 Å². The van der Waals surface area contributed by atoms with Crippen molar-refractivity contribution in [3.05, 3.63) is 48.0 Å². The second-order valence-corrected chi connectivity index (χ2v) is 6.40. The maximum atomic E-state index is 6.08. The predicted molar refractivity (Wildman–Crippen MR) is 93.5 cm³/mol. The molecule has 0 radical (unpaired) electrons. The van der Waals surface area contributed by atoms with E-state index in [0.717, 1.165) is 28.3 Å². The molecule has 118 valence electrons. The molecule has 0 saturated heterocycles. The average Bonchev–Trinajstić information content (AvgIpc) is 3.13. The Labute approximate surface area is 138 Å². The zero-order chi connectivity index (χ0) is 16.4. The van der Waals surface area contributed by atoms with Gasteiger partial charge in [0.1, 0.15) is 5.69 Å². The lowest BCUT2D eigenvalue weighted by Gasteiger charge is -2.01. The first-order valence-electron chi connectivity index (χ1n) is 7.15. The van der Waals surface area contributed by atoms with Crippen LogP contribution in [0.25, 0.3) is 22.8 Å². The Bertz CT molecular complexity index is 831. The molecule has 0 aliphatic rings. The van der Waals surface area contributed by atoms with Gasteiger partial charge in [-0.15, -0.1) is 10.2 Å². The van der Waals surface area contributed by atoms with Gasteiger partial charge in [-0.05, 0) is 19.9 Å². The van der Waals surface area contributed by atoms with E-state index in [-0.39, 0.29) is 0 Å². The second-order valence-electron chi connectivity index (χ2n) is 5.45. The Morgan fingerprint density at radius 2 is 2.04 bits per heavy atom. The van der Waals surface area contributed by atoms with Gasteiger partial charge in [0.2, 0.25) is 11.0 Å². The van der Waals surface area contributed by atoms with Crippen LogP contribution in [0.5, 0.6) is 0 Å². The van der Waals surface area contributed by atoms with E-state index in [4.69, 9.17) is 5.84 Å². The highest BCUT2D eigenvalue weighted by atomic mass is 32.2. The van der Waals surface area contributed by atoms with Gasteiger partial charge in [0, 0.05) is 11.3 Å². The van der Waals surface area contributed by atoms with Crippen LogP contribution in [0.1, 0.15) is 12.5 Å².